The largest absolute Gasteiger partial charge is 0.379 e. The lowest BCUT2D eigenvalue weighted by molar-refractivity contribution is 0.00863. The molecule has 1 fully saturated rings. The smallest absolute Gasteiger partial charge is 0.194 e. The molecular weight excluding hydrogens is 312 g/mol. The van der Waals surface area contributed by atoms with Crippen molar-refractivity contribution in [2.75, 3.05) is 46.4 Å². The maximum atomic E-state index is 5.50. The van der Waals surface area contributed by atoms with Crippen LogP contribution in [0.2, 0.25) is 0 Å². The van der Waals surface area contributed by atoms with Gasteiger partial charge in [0.1, 0.15) is 0 Å². The van der Waals surface area contributed by atoms with Crippen LogP contribution < -0.4 is 5.32 Å². The van der Waals surface area contributed by atoms with Crippen molar-refractivity contribution in [1.29, 1.82) is 0 Å². The van der Waals surface area contributed by atoms with Gasteiger partial charge in [-0.05, 0) is 18.4 Å². The van der Waals surface area contributed by atoms with Crippen LogP contribution in [-0.4, -0.2) is 68.2 Å². The third kappa shape index (κ3) is 6.33. The molecule has 140 valence electrons. The SMILES string of the molecule is CCNC(=NCC(C(C)C)N1CCOCC1)N(C)Cc1ccccc1. The minimum atomic E-state index is 0.461. The van der Waals surface area contributed by atoms with Crippen LogP contribution in [-0.2, 0) is 11.3 Å². The molecule has 1 aliphatic heterocycles. The number of guanidine groups is 1. The van der Waals surface area contributed by atoms with E-state index >= 15 is 0 Å². The predicted molar refractivity (Wildman–Crippen MR) is 105 cm³/mol. The van der Waals surface area contributed by atoms with E-state index in [1.165, 1.54) is 5.56 Å². The van der Waals surface area contributed by atoms with Crippen LogP contribution in [0, 0.1) is 5.92 Å². The van der Waals surface area contributed by atoms with Gasteiger partial charge >= 0.3 is 0 Å². The van der Waals surface area contributed by atoms with Crippen LogP contribution in [0.15, 0.2) is 35.3 Å². The zero-order valence-electron chi connectivity index (χ0n) is 16.2. The first-order chi connectivity index (χ1) is 12.1. The second-order valence-corrected chi connectivity index (χ2v) is 7.00. The van der Waals surface area contributed by atoms with E-state index in [1.807, 2.05) is 0 Å². The van der Waals surface area contributed by atoms with Gasteiger partial charge in [-0.25, -0.2) is 0 Å². The first kappa shape index (κ1) is 19.7. The molecule has 0 amide bonds. The topological polar surface area (TPSA) is 40.1 Å². The molecule has 1 atom stereocenters. The van der Waals surface area contributed by atoms with Gasteiger partial charge in [0.2, 0.25) is 0 Å². The number of aliphatic imine (C=N–C) groups is 1. The molecule has 0 aliphatic carbocycles. The summed E-state index contributed by atoms with van der Waals surface area (Å²) in [7, 11) is 2.10. The Kier molecular flexibility index (Phi) is 8.22. The Bertz CT molecular complexity index is 512. The van der Waals surface area contributed by atoms with Crippen LogP contribution in [0.1, 0.15) is 26.3 Å². The summed E-state index contributed by atoms with van der Waals surface area (Å²) in [6.07, 6.45) is 0. The lowest BCUT2D eigenvalue weighted by Gasteiger charge is -2.36. The first-order valence-corrected chi connectivity index (χ1v) is 9.47. The van der Waals surface area contributed by atoms with Crippen LogP contribution in [0.4, 0.5) is 0 Å². The third-order valence-electron chi connectivity index (χ3n) is 4.67. The molecule has 1 heterocycles. The Morgan fingerprint density at radius 3 is 2.52 bits per heavy atom. The molecule has 1 unspecified atom stereocenters. The second-order valence-electron chi connectivity index (χ2n) is 7.00. The molecule has 0 bridgehead atoms. The minimum Gasteiger partial charge on any atom is -0.379 e. The molecule has 5 heteroatoms. The Morgan fingerprint density at radius 1 is 1.24 bits per heavy atom. The molecule has 0 spiro atoms. The van der Waals surface area contributed by atoms with Crippen molar-refractivity contribution in [3.63, 3.8) is 0 Å². The summed E-state index contributed by atoms with van der Waals surface area (Å²) < 4.78 is 5.50. The number of rotatable bonds is 7. The van der Waals surface area contributed by atoms with Crippen LogP contribution >= 0.6 is 0 Å². The normalized spacial score (nSPS) is 17.6. The summed E-state index contributed by atoms with van der Waals surface area (Å²) >= 11 is 0. The fourth-order valence-electron chi connectivity index (χ4n) is 3.24. The van der Waals surface area contributed by atoms with Gasteiger partial charge < -0.3 is 15.0 Å². The van der Waals surface area contributed by atoms with Crippen LogP contribution in [0.5, 0.6) is 0 Å². The van der Waals surface area contributed by atoms with Crippen molar-refractivity contribution in [3.8, 4) is 0 Å². The van der Waals surface area contributed by atoms with Gasteiger partial charge in [-0.15, -0.1) is 0 Å². The molecule has 1 aromatic rings. The summed E-state index contributed by atoms with van der Waals surface area (Å²) in [5.41, 5.74) is 1.30. The van der Waals surface area contributed by atoms with Gasteiger partial charge in [0.25, 0.3) is 0 Å². The van der Waals surface area contributed by atoms with E-state index in [9.17, 15) is 0 Å². The fourth-order valence-corrected chi connectivity index (χ4v) is 3.24. The fraction of sp³-hybridized carbons (Fsp3) is 0.650. The lowest BCUT2D eigenvalue weighted by atomic mass is 10.0. The highest BCUT2D eigenvalue weighted by Gasteiger charge is 2.23. The molecular formula is C20H34N4O. The number of nitrogens with one attached hydrogen (secondary N) is 1. The van der Waals surface area contributed by atoms with Gasteiger partial charge in [-0.1, -0.05) is 44.2 Å². The third-order valence-corrected chi connectivity index (χ3v) is 4.67. The standard InChI is InChI=1S/C20H34N4O/c1-5-21-20(23(4)16-18-9-7-6-8-10-18)22-15-19(17(2)3)24-11-13-25-14-12-24/h6-10,17,19H,5,11-16H2,1-4H3,(H,21,22). The monoisotopic (exact) mass is 346 g/mol. The summed E-state index contributed by atoms with van der Waals surface area (Å²) in [4.78, 5) is 9.69. The van der Waals surface area contributed by atoms with Crippen molar-refractivity contribution in [2.45, 2.75) is 33.4 Å². The van der Waals surface area contributed by atoms with Crippen molar-refractivity contribution >= 4 is 5.96 Å². The highest BCUT2D eigenvalue weighted by atomic mass is 16.5. The lowest BCUT2D eigenvalue weighted by Crippen LogP contribution is -2.48. The van der Waals surface area contributed by atoms with E-state index in [0.29, 0.717) is 12.0 Å². The summed E-state index contributed by atoms with van der Waals surface area (Å²) in [6.45, 7) is 12.9. The Hall–Kier alpha value is -1.59. The highest BCUT2D eigenvalue weighted by molar-refractivity contribution is 5.79. The van der Waals surface area contributed by atoms with E-state index in [0.717, 1.165) is 51.9 Å². The van der Waals surface area contributed by atoms with E-state index in [2.05, 4.69) is 73.3 Å². The molecule has 1 aromatic carbocycles. The summed E-state index contributed by atoms with van der Waals surface area (Å²) in [6, 6.07) is 11.0. The number of nitrogens with zero attached hydrogens (tertiary/aromatic N) is 3. The number of benzene rings is 1. The van der Waals surface area contributed by atoms with Crippen LogP contribution in [0.3, 0.4) is 0 Å². The highest BCUT2D eigenvalue weighted by Crippen LogP contribution is 2.14. The maximum absolute atomic E-state index is 5.50. The molecule has 1 aliphatic rings. The number of ether oxygens (including phenoxy) is 1. The molecule has 0 radical (unpaired) electrons. The molecule has 0 saturated carbocycles. The predicted octanol–water partition coefficient (Wildman–Crippen LogP) is 2.44. The number of hydrogen-bond donors (Lipinski definition) is 1. The van der Waals surface area contributed by atoms with Gasteiger partial charge in [0, 0.05) is 39.3 Å². The van der Waals surface area contributed by atoms with Crippen LogP contribution in [0.25, 0.3) is 0 Å². The Balaban J connectivity index is 2.03. The van der Waals surface area contributed by atoms with Crippen molar-refractivity contribution in [2.24, 2.45) is 10.9 Å². The summed E-state index contributed by atoms with van der Waals surface area (Å²) in [5.74, 6) is 1.55. The van der Waals surface area contributed by atoms with Crippen molar-refractivity contribution in [3.05, 3.63) is 35.9 Å². The van der Waals surface area contributed by atoms with E-state index in [-0.39, 0.29) is 0 Å². The van der Waals surface area contributed by atoms with E-state index in [4.69, 9.17) is 9.73 Å². The molecule has 0 aromatic heterocycles. The van der Waals surface area contributed by atoms with Gasteiger partial charge in [-0.2, -0.15) is 0 Å². The van der Waals surface area contributed by atoms with Crippen molar-refractivity contribution < 1.29 is 4.74 Å². The van der Waals surface area contributed by atoms with E-state index in [1.54, 1.807) is 0 Å². The first-order valence-electron chi connectivity index (χ1n) is 9.47. The molecule has 25 heavy (non-hydrogen) atoms. The van der Waals surface area contributed by atoms with E-state index < -0.39 is 0 Å². The minimum absolute atomic E-state index is 0.461. The Morgan fingerprint density at radius 2 is 1.92 bits per heavy atom. The molecule has 5 nitrogen and oxygen atoms in total. The molecule has 1 saturated heterocycles. The molecule has 2 rings (SSSR count). The zero-order chi connectivity index (χ0) is 18.1. The van der Waals surface area contributed by atoms with Gasteiger partial charge in [-0.3, -0.25) is 9.89 Å². The second kappa shape index (κ2) is 10.4. The van der Waals surface area contributed by atoms with Gasteiger partial charge in [0.15, 0.2) is 5.96 Å². The average molecular weight is 347 g/mol. The average Bonchev–Trinajstić information content (AvgIpc) is 2.62. The summed E-state index contributed by atoms with van der Waals surface area (Å²) in [5, 5.41) is 3.43. The van der Waals surface area contributed by atoms with Gasteiger partial charge in [0.05, 0.1) is 19.8 Å². The zero-order valence-corrected chi connectivity index (χ0v) is 16.2. The Labute approximate surface area is 153 Å². The quantitative estimate of drug-likeness (QED) is 0.608. The number of morpholine rings is 1. The van der Waals surface area contributed by atoms with Crippen molar-refractivity contribution in [1.82, 2.24) is 15.1 Å². The maximum Gasteiger partial charge on any atom is 0.194 e. The molecule has 1 N–H and O–H groups in total. The number of hydrogen-bond acceptors (Lipinski definition) is 3.